The molecule has 0 saturated carbocycles. The third kappa shape index (κ3) is 5.94. The molecular weight excluding hydrogens is 290 g/mol. The maximum Gasteiger partial charge on any atom is 0.234 e. The summed E-state index contributed by atoms with van der Waals surface area (Å²) in [5.41, 5.74) is 2.27. The van der Waals surface area contributed by atoms with Gasteiger partial charge in [0.2, 0.25) is 5.91 Å². The van der Waals surface area contributed by atoms with Crippen LogP contribution < -0.4 is 10.6 Å². The largest absolute Gasteiger partial charge is 0.377 e. The molecule has 2 N–H and O–H groups in total. The van der Waals surface area contributed by atoms with Crippen molar-refractivity contribution in [3.8, 4) is 0 Å². The summed E-state index contributed by atoms with van der Waals surface area (Å²) in [7, 11) is 1.99. The van der Waals surface area contributed by atoms with Gasteiger partial charge >= 0.3 is 0 Å². The molecule has 2 rings (SSSR count). The van der Waals surface area contributed by atoms with Crippen LogP contribution in [0.4, 0.5) is 0 Å². The molecule has 1 fully saturated rings. The van der Waals surface area contributed by atoms with Gasteiger partial charge in [-0.25, -0.2) is 0 Å². The van der Waals surface area contributed by atoms with Crippen LogP contribution in [0.1, 0.15) is 30.9 Å². The number of nitrogens with zero attached hydrogens (tertiary/aromatic N) is 1. The van der Waals surface area contributed by atoms with Gasteiger partial charge in [0.1, 0.15) is 0 Å². The highest BCUT2D eigenvalue weighted by Crippen LogP contribution is 2.11. The standard InChI is InChI=1S/C18H29N3O2/c1-3-23-14-16-8-5-4-7-15(16)11-20-18(22)13-21-10-6-9-17(12-21)19-2/h4-5,7-8,17,19H,3,6,9-14H2,1-2H3,(H,20,22). The van der Waals surface area contributed by atoms with Crippen LogP contribution >= 0.6 is 0 Å². The van der Waals surface area contributed by atoms with Crippen molar-refractivity contribution < 1.29 is 9.53 Å². The number of piperidine rings is 1. The summed E-state index contributed by atoms with van der Waals surface area (Å²) in [6.07, 6.45) is 2.34. The molecule has 1 atom stereocenters. The topological polar surface area (TPSA) is 53.6 Å². The predicted molar refractivity (Wildman–Crippen MR) is 92.1 cm³/mol. The summed E-state index contributed by atoms with van der Waals surface area (Å²) >= 11 is 0. The zero-order valence-corrected chi connectivity index (χ0v) is 14.3. The second-order valence-corrected chi connectivity index (χ2v) is 6.05. The lowest BCUT2D eigenvalue weighted by Crippen LogP contribution is -2.47. The van der Waals surface area contributed by atoms with Crippen LogP contribution in [0.25, 0.3) is 0 Å². The molecular formula is C18H29N3O2. The first-order chi connectivity index (χ1) is 11.2. The lowest BCUT2D eigenvalue weighted by atomic mass is 10.1. The molecule has 23 heavy (non-hydrogen) atoms. The minimum atomic E-state index is 0.0907. The van der Waals surface area contributed by atoms with E-state index < -0.39 is 0 Å². The van der Waals surface area contributed by atoms with E-state index in [2.05, 4.69) is 21.6 Å². The molecule has 1 amide bonds. The fourth-order valence-corrected chi connectivity index (χ4v) is 2.97. The van der Waals surface area contributed by atoms with E-state index in [9.17, 15) is 4.79 Å². The molecule has 1 aliphatic rings. The highest BCUT2D eigenvalue weighted by Gasteiger charge is 2.20. The molecule has 0 spiro atoms. The number of amides is 1. The van der Waals surface area contributed by atoms with Crippen LogP contribution in [-0.4, -0.2) is 50.1 Å². The van der Waals surface area contributed by atoms with Crippen molar-refractivity contribution in [2.24, 2.45) is 0 Å². The number of rotatable bonds is 8. The van der Waals surface area contributed by atoms with Gasteiger partial charge < -0.3 is 15.4 Å². The van der Waals surface area contributed by atoms with Crippen molar-refractivity contribution in [3.05, 3.63) is 35.4 Å². The number of carbonyl (C=O) groups excluding carboxylic acids is 1. The van der Waals surface area contributed by atoms with Crippen LogP contribution in [0.3, 0.4) is 0 Å². The molecule has 1 heterocycles. The molecule has 1 aromatic carbocycles. The number of likely N-dealkylation sites (N-methyl/N-ethyl adjacent to an activating group) is 1. The quantitative estimate of drug-likeness (QED) is 0.763. The normalized spacial score (nSPS) is 18.8. The molecule has 0 aromatic heterocycles. The number of benzene rings is 1. The molecule has 1 saturated heterocycles. The van der Waals surface area contributed by atoms with Crippen LogP contribution in [0.5, 0.6) is 0 Å². The van der Waals surface area contributed by atoms with E-state index in [1.807, 2.05) is 32.2 Å². The first-order valence-electron chi connectivity index (χ1n) is 8.53. The van der Waals surface area contributed by atoms with Gasteiger partial charge in [-0.3, -0.25) is 9.69 Å². The van der Waals surface area contributed by atoms with Crippen LogP contribution in [0.15, 0.2) is 24.3 Å². The zero-order chi connectivity index (χ0) is 16.5. The lowest BCUT2D eigenvalue weighted by Gasteiger charge is -2.31. The van der Waals surface area contributed by atoms with Crippen molar-refractivity contribution >= 4 is 5.91 Å². The first-order valence-corrected chi connectivity index (χ1v) is 8.53. The van der Waals surface area contributed by atoms with Crippen molar-refractivity contribution in [1.82, 2.24) is 15.5 Å². The van der Waals surface area contributed by atoms with Gasteiger partial charge in [-0.2, -0.15) is 0 Å². The number of carbonyl (C=O) groups is 1. The predicted octanol–water partition coefficient (Wildman–Crippen LogP) is 1.52. The van der Waals surface area contributed by atoms with E-state index in [1.165, 1.54) is 6.42 Å². The summed E-state index contributed by atoms with van der Waals surface area (Å²) in [5.74, 6) is 0.0907. The SMILES string of the molecule is CCOCc1ccccc1CNC(=O)CN1CCCC(NC)C1. The molecule has 0 aliphatic carbocycles. The second-order valence-electron chi connectivity index (χ2n) is 6.05. The lowest BCUT2D eigenvalue weighted by molar-refractivity contribution is -0.122. The van der Waals surface area contributed by atoms with Crippen molar-refractivity contribution in [1.29, 1.82) is 0 Å². The number of likely N-dealkylation sites (tertiary alicyclic amines) is 1. The van der Waals surface area contributed by atoms with Gasteiger partial charge in [-0.05, 0) is 44.5 Å². The summed E-state index contributed by atoms with van der Waals surface area (Å²) in [6, 6.07) is 8.61. The summed E-state index contributed by atoms with van der Waals surface area (Å²) in [6.45, 7) is 6.27. The molecule has 0 bridgehead atoms. The minimum absolute atomic E-state index is 0.0907. The fraction of sp³-hybridized carbons (Fsp3) is 0.611. The zero-order valence-electron chi connectivity index (χ0n) is 14.3. The number of ether oxygens (including phenoxy) is 1. The van der Waals surface area contributed by atoms with Gasteiger partial charge in [0.15, 0.2) is 0 Å². The minimum Gasteiger partial charge on any atom is -0.377 e. The first kappa shape index (κ1) is 17.9. The number of nitrogens with one attached hydrogen (secondary N) is 2. The Hall–Kier alpha value is -1.43. The Morgan fingerprint density at radius 3 is 2.87 bits per heavy atom. The number of hydrogen-bond acceptors (Lipinski definition) is 4. The Balaban J connectivity index is 1.80. The Bertz CT molecular complexity index is 493. The molecule has 128 valence electrons. The smallest absolute Gasteiger partial charge is 0.234 e. The van der Waals surface area contributed by atoms with Crippen LogP contribution in [0, 0.1) is 0 Å². The van der Waals surface area contributed by atoms with Gasteiger partial charge in [-0.1, -0.05) is 24.3 Å². The molecule has 5 heteroatoms. The van der Waals surface area contributed by atoms with Crippen molar-refractivity contribution in [3.63, 3.8) is 0 Å². The average molecular weight is 319 g/mol. The molecule has 1 aliphatic heterocycles. The monoisotopic (exact) mass is 319 g/mol. The van der Waals surface area contributed by atoms with E-state index in [1.54, 1.807) is 0 Å². The Morgan fingerprint density at radius 2 is 2.13 bits per heavy atom. The third-order valence-corrected chi connectivity index (χ3v) is 4.34. The number of hydrogen-bond donors (Lipinski definition) is 2. The summed E-state index contributed by atoms with van der Waals surface area (Å²) in [5, 5.41) is 6.34. The molecule has 5 nitrogen and oxygen atoms in total. The Labute approximate surface area is 139 Å². The highest BCUT2D eigenvalue weighted by atomic mass is 16.5. The fourth-order valence-electron chi connectivity index (χ4n) is 2.97. The van der Waals surface area contributed by atoms with Crippen LogP contribution in [-0.2, 0) is 22.7 Å². The van der Waals surface area contributed by atoms with Gasteiger partial charge in [-0.15, -0.1) is 0 Å². The van der Waals surface area contributed by atoms with Crippen LogP contribution in [0.2, 0.25) is 0 Å². The maximum absolute atomic E-state index is 12.2. The molecule has 0 radical (unpaired) electrons. The van der Waals surface area contributed by atoms with E-state index in [0.717, 1.165) is 30.6 Å². The highest BCUT2D eigenvalue weighted by molar-refractivity contribution is 5.78. The maximum atomic E-state index is 12.2. The second kappa shape index (κ2) is 9.65. The molecule has 1 aromatic rings. The summed E-state index contributed by atoms with van der Waals surface area (Å²) in [4.78, 5) is 14.4. The average Bonchev–Trinajstić information content (AvgIpc) is 2.59. The third-order valence-electron chi connectivity index (χ3n) is 4.34. The van der Waals surface area contributed by atoms with Crippen molar-refractivity contribution in [2.75, 3.05) is 33.3 Å². The van der Waals surface area contributed by atoms with E-state index in [0.29, 0.717) is 32.3 Å². The summed E-state index contributed by atoms with van der Waals surface area (Å²) < 4.78 is 5.48. The van der Waals surface area contributed by atoms with E-state index in [-0.39, 0.29) is 5.91 Å². The van der Waals surface area contributed by atoms with Crippen molar-refractivity contribution in [2.45, 2.75) is 39.0 Å². The Kier molecular flexibility index (Phi) is 7.52. The van der Waals surface area contributed by atoms with Gasteiger partial charge in [0, 0.05) is 25.7 Å². The van der Waals surface area contributed by atoms with Gasteiger partial charge in [0.05, 0.1) is 13.2 Å². The van der Waals surface area contributed by atoms with E-state index in [4.69, 9.17) is 4.74 Å². The van der Waals surface area contributed by atoms with E-state index >= 15 is 0 Å². The Morgan fingerprint density at radius 1 is 1.35 bits per heavy atom. The molecule has 1 unspecified atom stereocenters. The van der Waals surface area contributed by atoms with Gasteiger partial charge in [0.25, 0.3) is 0 Å².